The van der Waals surface area contributed by atoms with E-state index in [1.807, 2.05) is 12.1 Å². The first-order chi connectivity index (χ1) is 11.0. The molecule has 0 fully saturated rings. The van der Waals surface area contributed by atoms with Crippen LogP contribution in [0.5, 0.6) is 0 Å². The van der Waals surface area contributed by atoms with Crippen molar-refractivity contribution >= 4 is 17.6 Å². The molecule has 1 heterocycles. The van der Waals surface area contributed by atoms with Crippen molar-refractivity contribution in [2.24, 2.45) is 5.92 Å². The summed E-state index contributed by atoms with van der Waals surface area (Å²) in [6.45, 7) is 4.15. The van der Waals surface area contributed by atoms with Crippen molar-refractivity contribution in [2.75, 3.05) is 5.32 Å². The lowest BCUT2D eigenvalue weighted by atomic mass is 9.99. The lowest BCUT2D eigenvalue weighted by Crippen LogP contribution is -2.17. The van der Waals surface area contributed by atoms with E-state index < -0.39 is 5.97 Å². The van der Waals surface area contributed by atoms with Crippen LogP contribution in [0.25, 0.3) is 5.69 Å². The second kappa shape index (κ2) is 7.58. The molecular formula is C17H21N3O3. The van der Waals surface area contributed by atoms with Crippen LogP contribution in [0.4, 0.5) is 5.69 Å². The first-order valence-electron chi connectivity index (χ1n) is 7.73. The molecule has 6 nitrogen and oxygen atoms in total. The van der Waals surface area contributed by atoms with Crippen LogP contribution < -0.4 is 5.32 Å². The number of nitrogens with one attached hydrogen (secondary N) is 1. The molecule has 1 amide bonds. The molecule has 2 aromatic rings. The molecule has 122 valence electrons. The molecule has 23 heavy (non-hydrogen) atoms. The number of carbonyl (C=O) groups excluding carboxylic acids is 1. The number of amides is 1. The lowest BCUT2D eigenvalue weighted by molar-refractivity contribution is -0.117. The van der Waals surface area contributed by atoms with E-state index in [-0.39, 0.29) is 11.6 Å². The summed E-state index contributed by atoms with van der Waals surface area (Å²) < 4.78 is 1.45. The molecule has 6 heteroatoms. The number of aromatic nitrogens is 2. The molecule has 0 bridgehead atoms. The predicted molar refractivity (Wildman–Crippen MR) is 87.8 cm³/mol. The Bertz CT molecular complexity index is 690. The van der Waals surface area contributed by atoms with Gasteiger partial charge in [0.1, 0.15) is 0 Å². The zero-order valence-corrected chi connectivity index (χ0v) is 13.3. The number of anilines is 1. The maximum atomic E-state index is 12.2. The highest BCUT2D eigenvalue weighted by atomic mass is 16.4. The smallest absolute Gasteiger partial charge is 0.356 e. The van der Waals surface area contributed by atoms with Crippen LogP contribution in [-0.2, 0) is 4.79 Å². The minimum absolute atomic E-state index is 0.0387. The molecule has 0 saturated carbocycles. The maximum Gasteiger partial charge on any atom is 0.356 e. The van der Waals surface area contributed by atoms with Gasteiger partial charge in [0.2, 0.25) is 5.91 Å². The van der Waals surface area contributed by atoms with Gasteiger partial charge in [-0.2, -0.15) is 5.10 Å². The average Bonchev–Trinajstić information content (AvgIpc) is 3.03. The Hall–Kier alpha value is -2.63. The van der Waals surface area contributed by atoms with E-state index in [2.05, 4.69) is 24.3 Å². The molecule has 0 spiro atoms. The van der Waals surface area contributed by atoms with Crippen molar-refractivity contribution in [3.63, 3.8) is 0 Å². The molecule has 0 saturated heterocycles. The van der Waals surface area contributed by atoms with Crippen LogP contribution in [0.15, 0.2) is 36.5 Å². The number of rotatable bonds is 7. The minimum Gasteiger partial charge on any atom is -0.476 e. The van der Waals surface area contributed by atoms with Gasteiger partial charge in [-0.3, -0.25) is 4.79 Å². The van der Waals surface area contributed by atoms with Crippen molar-refractivity contribution in [2.45, 2.75) is 33.1 Å². The van der Waals surface area contributed by atoms with Gasteiger partial charge in [-0.1, -0.05) is 38.8 Å². The van der Waals surface area contributed by atoms with Gasteiger partial charge < -0.3 is 10.4 Å². The van der Waals surface area contributed by atoms with E-state index in [4.69, 9.17) is 5.11 Å². The number of carboxylic acid groups (broad SMARTS) is 1. The normalized spacial score (nSPS) is 10.7. The van der Waals surface area contributed by atoms with Crippen molar-refractivity contribution in [3.05, 3.63) is 42.2 Å². The largest absolute Gasteiger partial charge is 0.476 e. The van der Waals surface area contributed by atoms with Gasteiger partial charge in [-0.05, 0) is 24.1 Å². The third-order valence-electron chi connectivity index (χ3n) is 3.86. The monoisotopic (exact) mass is 315 g/mol. The number of nitrogens with zero attached hydrogens (tertiary/aromatic N) is 2. The second-order valence-electron chi connectivity index (χ2n) is 5.40. The Morgan fingerprint density at radius 3 is 2.52 bits per heavy atom. The number of para-hydroxylation sites is 2. The van der Waals surface area contributed by atoms with E-state index in [0.29, 0.717) is 23.7 Å². The molecular weight excluding hydrogens is 294 g/mol. The van der Waals surface area contributed by atoms with Gasteiger partial charge in [-0.15, -0.1) is 0 Å². The summed E-state index contributed by atoms with van der Waals surface area (Å²) in [6.07, 6.45) is 3.97. The first kappa shape index (κ1) is 16.7. The van der Waals surface area contributed by atoms with Gasteiger partial charge >= 0.3 is 5.97 Å². The fraction of sp³-hybridized carbons (Fsp3) is 0.353. The second-order valence-corrected chi connectivity index (χ2v) is 5.40. The Kier molecular flexibility index (Phi) is 5.51. The molecule has 0 unspecified atom stereocenters. The van der Waals surface area contributed by atoms with Crippen LogP contribution >= 0.6 is 0 Å². The highest BCUT2D eigenvalue weighted by molar-refractivity contribution is 5.93. The highest BCUT2D eigenvalue weighted by Gasteiger charge is 2.14. The van der Waals surface area contributed by atoms with Crippen molar-refractivity contribution in [1.29, 1.82) is 0 Å². The van der Waals surface area contributed by atoms with Crippen LogP contribution in [-0.4, -0.2) is 26.8 Å². The molecule has 0 radical (unpaired) electrons. The van der Waals surface area contributed by atoms with Crippen LogP contribution in [0, 0.1) is 5.92 Å². The van der Waals surface area contributed by atoms with Crippen molar-refractivity contribution in [1.82, 2.24) is 9.78 Å². The molecule has 0 atom stereocenters. The summed E-state index contributed by atoms with van der Waals surface area (Å²) in [4.78, 5) is 23.2. The van der Waals surface area contributed by atoms with Gasteiger partial charge in [0.15, 0.2) is 5.69 Å². The first-order valence-corrected chi connectivity index (χ1v) is 7.73. The van der Waals surface area contributed by atoms with Crippen LogP contribution in [0.2, 0.25) is 0 Å². The van der Waals surface area contributed by atoms with Crippen LogP contribution in [0.3, 0.4) is 0 Å². The molecule has 0 aliphatic rings. The van der Waals surface area contributed by atoms with E-state index >= 15 is 0 Å². The van der Waals surface area contributed by atoms with E-state index in [9.17, 15) is 9.59 Å². The molecule has 2 rings (SSSR count). The Labute approximate surface area is 135 Å². The number of aromatic carboxylic acids is 1. The number of carboxylic acids is 1. The number of benzene rings is 1. The minimum atomic E-state index is -1.08. The van der Waals surface area contributed by atoms with Crippen molar-refractivity contribution in [3.8, 4) is 5.69 Å². The van der Waals surface area contributed by atoms with Gasteiger partial charge in [0.05, 0.1) is 11.4 Å². The Balaban J connectivity index is 2.20. The molecule has 1 aromatic carbocycles. The average molecular weight is 315 g/mol. The summed E-state index contributed by atoms with van der Waals surface area (Å²) in [5.41, 5.74) is 1.21. The third-order valence-corrected chi connectivity index (χ3v) is 3.86. The summed E-state index contributed by atoms with van der Waals surface area (Å²) in [5, 5.41) is 15.9. The van der Waals surface area contributed by atoms with Crippen LogP contribution in [0.1, 0.15) is 43.6 Å². The Morgan fingerprint density at radius 2 is 1.91 bits per heavy atom. The number of hydrogen-bond acceptors (Lipinski definition) is 3. The van der Waals surface area contributed by atoms with Crippen molar-refractivity contribution < 1.29 is 14.7 Å². The van der Waals surface area contributed by atoms with E-state index in [1.54, 1.807) is 18.3 Å². The topological polar surface area (TPSA) is 84.2 Å². The predicted octanol–water partition coefficient (Wildman–Crippen LogP) is 3.34. The molecule has 2 N–H and O–H groups in total. The standard InChI is InChI=1S/C17H21N3O3/c1-3-12(4-2)11-16(21)18-13-7-5-6-8-15(13)20-10-9-14(19-20)17(22)23/h5-10,12H,3-4,11H2,1-2H3,(H,18,21)(H,22,23). The number of hydrogen-bond donors (Lipinski definition) is 2. The molecule has 0 aliphatic carbocycles. The van der Waals surface area contributed by atoms with Gasteiger partial charge in [-0.25, -0.2) is 9.48 Å². The summed E-state index contributed by atoms with van der Waals surface area (Å²) >= 11 is 0. The van der Waals surface area contributed by atoms with E-state index in [0.717, 1.165) is 12.8 Å². The molecule has 0 aliphatic heterocycles. The third kappa shape index (κ3) is 4.18. The van der Waals surface area contributed by atoms with E-state index in [1.165, 1.54) is 10.7 Å². The van der Waals surface area contributed by atoms with Gasteiger partial charge in [0.25, 0.3) is 0 Å². The Morgan fingerprint density at radius 1 is 1.22 bits per heavy atom. The zero-order valence-electron chi connectivity index (χ0n) is 13.3. The fourth-order valence-electron chi connectivity index (χ4n) is 2.39. The fourth-order valence-corrected chi connectivity index (χ4v) is 2.39. The summed E-state index contributed by atoms with van der Waals surface area (Å²) in [5.74, 6) is -0.763. The SMILES string of the molecule is CCC(CC)CC(=O)Nc1ccccc1-n1ccc(C(=O)O)n1. The molecule has 1 aromatic heterocycles. The highest BCUT2D eigenvalue weighted by Crippen LogP contribution is 2.21. The lowest BCUT2D eigenvalue weighted by Gasteiger charge is -2.14. The maximum absolute atomic E-state index is 12.2. The summed E-state index contributed by atoms with van der Waals surface area (Å²) in [7, 11) is 0. The quantitative estimate of drug-likeness (QED) is 0.820. The number of carbonyl (C=O) groups is 2. The van der Waals surface area contributed by atoms with Gasteiger partial charge in [0, 0.05) is 12.6 Å². The summed E-state index contributed by atoms with van der Waals surface area (Å²) in [6, 6.07) is 8.62. The zero-order chi connectivity index (χ0) is 16.8.